The predicted molar refractivity (Wildman–Crippen MR) is 103 cm³/mol. The first-order valence-corrected chi connectivity index (χ1v) is 10.1. The Morgan fingerprint density at radius 2 is 1.88 bits per heavy atom. The number of likely N-dealkylation sites (tertiary alicyclic amines) is 1. The van der Waals surface area contributed by atoms with Crippen molar-refractivity contribution in [2.45, 2.75) is 103 Å². The fourth-order valence-corrected chi connectivity index (χ4v) is 3.49. The number of nitrogens with zero attached hydrogens (tertiary/aromatic N) is 4. The van der Waals surface area contributed by atoms with Crippen molar-refractivity contribution in [1.82, 2.24) is 4.90 Å². The van der Waals surface area contributed by atoms with Crippen molar-refractivity contribution in [3.05, 3.63) is 10.4 Å². The van der Waals surface area contributed by atoms with Gasteiger partial charge < -0.3 is 0 Å². The maximum atomic E-state index is 8.61. The maximum Gasteiger partial charge on any atom is 0.0716 e. The van der Waals surface area contributed by atoms with Gasteiger partial charge in [-0.3, -0.25) is 4.90 Å². The van der Waals surface area contributed by atoms with E-state index in [1.165, 1.54) is 57.8 Å². The molecule has 0 aromatic heterocycles. The van der Waals surface area contributed by atoms with Crippen LogP contribution in [0.25, 0.3) is 10.4 Å². The largest absolute Gasteiger partial charge is 0.287 e. The van der Waals surface area contributed by atoms with E-state index >= 15 is 0 Å². The average Bonchev–Trinajstić information content (AvgIpc) is 3.06. The molecule has 0 bridgehead atoms. The highest BCUT2D eigenvalue weighted by Crippen LogP contribution is 2.23. The smallest absolute Gasteiger partial charge is 0.0716 e. The van der Waals surface area contributed by atoms with Crippen molar-refractivity contribution in [2.24, 2.45) is 5.11 Å². The van der Waals surface area contributed by atoms with Gasteiger partial charge in [-0.2, -0.15) is 0 Å². The highest BCUT2D eigenvalue weighted by molar-refractivity contribution is 5.10. The number of azide groups is 1. The van der Waals surface area contributed by atoms with Crippen LogP contribution in [-0.4, -0.2) is 30.1 Å². The molecule has 0 aromatic rings. The van der Waals surface area contributed by atoms with Crippen molar-refractivity contribution in [3.8, 4) is 11.8 Å². The lowest BCUT2D eigenvalue weighted by molar-refractivity contribution is 0.209. The molecule has 1 aliphatic heterocycles. The lowest BCUT2D eigenvalue weighted by Crippen LogP contribution is -2.39. The molecular weight excluding hydrogens is 296 g/mol. The van der Waals surface area contributed by atoms with Crippen molar-refractivity contribution in [2.75, 3.05) is 13.1 Å². The molecule has 2 atom stereocenters. The summed E-state index contributed by atoms with van der Waals surface area (Å²) in [5, 5.41) is 3.82. The van der Waals surface area contributed by atoms with E-state index in [-0.39, 0.29) is 0 Å². The Labute approximate surface area is 149 Å². The first-order valence-electron chi connectivity index (χ1n) is 10.1. The summed E-state index contributed by atoms with van der Waals surface area (Å²) >= 11 is 0. The maximum absolute atomic E-state index is 8.61. The predicted octanol–water partition coefficient (Wildman–Crippen LogP) is 6.07. The Bertz CT molecular complexity index is 417. The van der Waals surface area contributed by atoms with E-state index in [4.69, 9.17) is 5.53 Å². The third-order valence-electron chi connectivity index (χ3n) is 4.93. The van der Waals surface area contributed by atoms with Gasteiger partial charge in [-0.1, -0.05) is 69.8 Å². The molecule has 1 heterocycles. The quantitative estimate of drug-likeness (QED) is 0.141. The molecule has 136 valence electrons. The Balaban J connectivity index is 2.52. The molecule has 4 nitrogen and oxygen atoms in total. The third kappa shape index (κ3) is 8.62. The molecule has 0 spiro atoms. The van der Waals surface area contributed by atoms with Crippen LogP contribution in [0.2, 0.25) is 0 Å². The van der Waals surface area contributed by atoms with Gasteiger partial charge in [-0.25, -0.2) is 0 Å². The molecule has 1 aliphatic rings. The van der Waals surface area contributed by atoms with Crippen molar-refractivity contribution in [1.29, 1.82) is 0 Å². The van der Waals surface area contributed by atoms with Crippen LogP contribution in [0.3, 0.4) is 0 Å². The molecular formula is C20H36N4. The van der Waals surface area contributed by atoms with Crippen LogP contribution in [0.4, 0.5) is 0 Å². The van der Waals surface area contributed by atoms with Gasteiger partial charge in [0.1, 0.15) is 0 Å². The lowest BCUT2D eigenvalue weighted by Gasteiger charge is -2.29. The zero-order valence-corrected chi connectivity index (χ0v) is 15.8. The van der Waals surface area contributed by atoms with Gasteiger partial charge in [0.2, 0.25) is 0 Å². The van der Waals surface area contributed by atoms with Crippen LogP contribution in [0, 0.1) is 11.8 Å². The van der Waals surface area contributed by atoms with Gasteiger partial charge in [0, 0.05) is 23.9 Å². The van der Waals surface area contributed by atoms with Crippen LogP contribution in [-0.2, 0) is 0 Å². The number of unbranched alkanes of at least 4 members (excludes halogenated alkanes) is 7. The van der Waals surface area contributed by atoms with Crippen LogP contribution in [0.5, 0.6) is 0 Å². The molecule has 0 aromatic carbocycles. The molecule has 1 rings (SSSR count). The first-order chi connectivity index (χ1) is 11.8. The van der Waals surface area contributed by atoms with Gasteiger partial charge in [0.15, 0.2) is 0 Å². The normalized spacial score (nSPS) is 18.7. The molecule has 1 saturated heterocycles. The Morgan fingerprint density at radius 3 is 2.62 bits per heavy atom. The molecule has 1 fully saturated rings. The SMILES string of the molecule is CCCCC#C[C@H](CCCCCCCC)N1CCC[C@H]1CN=[N+]=[N-]. The minimum absolute atomic E-state index is 0.356. The molecule has 0 aliphatic carbocycles. The standard InChI is InChI=1S/C20H36N4/c1-3-5-7-9-10-12-15-19(14-11-8-6-4-2)24-17-13-16-20(24)18-22-23-21/h19-20H,3-10,12-13,15-18H2,1-2H3/t19-,20+/m1/s1. The fourth-order valence-electron chi connectivity index (χ4n) is 3.49. The van der Waals surface area contributed by atoms with E-state index in [9.17, 15) is 0 Å². The molecule has 4 heteroatoms. The Morgan fingerprint density at radius 1 is 1.12 bits per heavy atom. The first kappa shape index (κ1) is 20.9. The minimum atomic E-state index is 0.356. The highest BCUT2D eigenvalue weighted by Gasteiger charge is 2.28. The van der Waals surface area contributed by atoms with Crippen molar-refractivity contribution < 1.29 is 0 Å². The monoisotopic (exact) mass is 332 g/mol. The minimum Gasteiger partial charge on any atom is -0.287 e. The Kier molecular flexibility index (Phi) is 12.3. The molecule has 0 N–H and O–H groups in total. The van der Waals surface area contributed by atoms with E-state index in [0.29, 0.717) is 18.6 Å². The zero-order chi connectivity index (χ0) is 17.5. The second-order valence-electron chi connectivity index (χ2n) is 6.94. The number of hydrogen-bond acceptors (Lipinski definition) is 2. The van der Waals surface area contributed by atoms with Crippen molar-refractivity contribution in [3.63, 3.8) is 0 Å². The van der Waals surface area contributed by atoms with Gasteiger partial charge in [-0.05, 0) is 37.8 Å². The summed E-state index contributed by atoms with van der Waals surface area (Å²) in [6.45, 7) is 6.18. The zero-order valence-electron chi connectivity index (χ0n) is 15.8. The van der Waals surface area contributed by atoms with Gasteiger partial charge in [-0.15, -0.1) is 5.92 Å². The summed E-state index contributed by atoms with van der Waals surface area (Å²) in [6, 6.07) is 0.751. The summed E-state index contributed by atoms with van der Waals surface area (Å²) in [6.07, 6.45) is 14.9. The van der Waals surface area contributed by atoms with Crippen LogP contribution >= 0.6 is 0 Å². The average molecular weight is 333 g/mol. The van der Waals surface area contributed by atoms with E-state index in [1.807, 2.05) is 0 Å². The second kappa shape index (κ2) is 14.2. The van der Waals surface area contributed by atoms with Crippen LogP contribution in [0.1, 0.15) is 90.9 Å². The highest BCUT2D eigenvalue weighted by atomic mass is 15.2. The van der Waals surface area contributed by atoms with E-state index in [2.05, 4.69) is 40.6 Å². The van der Waals surface area contributed by atoms with E-state index < -0.39 is 0 Å². The lowest BCUT2D eigenvalue weighted by atomic mass is 10.0. The topological polar surface area (TPSA) is 52.0 Å². The molecule has 24 heavy (non-hydrogen) atoms. The molecule has 0 saturated carbocycles. The Hall–Kier alpha value is -1.17. The van der Waals surface area contributed by atoms with Crippen LogP contribution in [0.15, 0.2) is 5.11 Å². The summed E-state index contributed by atoms with van der Waals surface area (Å²) in [5.41, 5.74) is 8.61. The summed E-state index contributed by atoms with van der Waals surface area (Å²) in [7, 11) is 0. The number of rotatable bonds is 12. The summed E-state index contributed by atoms with van der Waals surface area (Å²) < 4.78 is 0. The summed E-state index contributed by atoms with van der Waals surface area (Å²) in [5.74, 6) is 6.95. The van der Waals surface area contributed by atoms with Gasteiger partial charge in [0.25, 0.3) is 0 Å². The second-order valence-corrected chi connectivity index (χ2v) is 6.94. The number of hydrogen-bond donors (Lipinski definition) is 0. The fraction of sp³-hybridized carbons (Fsp3) is 0.900. The van der Waals surface area contributed by atoms with Gasteiger partial charge >= 0.3 is 0 Å². The van der Waals surface area contributed by atoms with Crippen molar-refractivity contribution >= 4 is 0 Å². The molecule has 0 unspecified atom stereocenters. The van der Waals surface area contributed by atoms with E-state index in [1.54, 1.807) is 0 Å². The molecule has 0 radical (unpaired) electrons. The van der Waals surface area contributed by atoms with E-state index in [0.717, 1.165) is 25.8 Å². The van der Waals surface area contributed by atoms with Gasteiger partial charge in [0.05, 0.1) is 6.04 Å². The summed E-state index contributed by atoms with van der Waals surface area (Å²) in [4.78, 5) is 5.46. The van der Waals surface area contributed by atoms with Crippen LogP contribution < -0.4 is 0 Å². The molecule has 0 amide bonds. The third-order valence-corrected chi connectivity index (χ3v) is 4.93.